The monoisotopic (exact) mass is 279 g/mol. The van der Waals surface area contributed by atoms with Crippen LogP contribution in [-0.4, -0.2) is 18.4 Å². The van der Waals surface area contributed by atoms with E-state index in [-0.39, 0.29) is 18.1 Å². The summed E-state index contributed by atoms with van der Waals surface area (Å²) in [6, 6.07) is 6.97. The molecule has 0 bridgehead atoms. The molecule has 1 aromatic rings. The normalized spacial score (nSPS) is 11.6. The highest BCUT2D eigenvalue weighted by molar-refractivity contribution is 6.30. The van der Waals surface area contributed by atoms with Gasteiger partial charge in [0, 0.05) is 11.1 Å². The first-order valence-electron chi connectivity index (χ1n) is 5.65. The van der Waals surface area contributed by atoms with Crippen molar-refractivity contribution in [1.82, 2.24) is 0 Å². The summed E-state index contributed by atoms with van der Waals surface area (Å²) in [5, 5.41) is 0.620. The fourth-order valence-corrected chi connectivity index (χ4v) is 1.35. The maximum atomic E-state index is 11.5. The van der Waals surface area contributed by atoms with E-state index in [1.165, 1.54) is 6.08 Å². The lowest BCUT2D eigenvalue weighted by molar-refractivity contribution is -0.138. The van der Waals surface area contributed by atoms with E-state index in [4.69, 9.17) is 17.3 Å². The van der Waals surface area contributed by atoms with Gasteiger partial charge in [0.2, 0.25) is 0 Å². The first-order valence-corrected chi connectivity index (χ1v) is 6.02. The average Bonchev–Trinajstić information content (AvgIpc) is 2.38. The lowest BCUT2D eigenvalue weighted by Gasteiger charge is -1.99. The third kappa shape index (κ3) is 5.40. The standard InChI is InChI=1S/C14H14ClNO3/c1-2-19-14(18)13(16)9-12(17)8-5-10-3-6-11(15)7-4-10/h3-9H,2,16H2,1H3/b8-5+,13-9-. The van der Waals surface area contributed by atoms with Crippen molar-refractivity contribution in [2.75, 3.05) is 6.61 Å². The average molecular weight is 280 g/mol. The van der Waals surface area contributed by atoms with Crippen molar-refractivity contribution in [3.8, 4) is 0 Å². The van der Waals surface area contributed by atoms with Crippen LogP contribution in [-0.2, 0) is 14.3 Å². The van der Waals surface area contributed by atoms with Crippen molar-refractivity contribution in [2.24, 2.45) is 5.73 Å². The van der Waals surface area contributed by atoms with Crippen LogP contribution in [0, 0.1) is 0 Å². The van der Waals surface area contributed by atoms with Crippen LogP contribution in [0.4, 0.5) is 0 Å². The maximum absolute atomic E-state index is 11.5. The Balaban J connectivity index is 2.67. The largest absolute Gasteiger partial charge is 0.461 e. The molecule has 19 heavy (non-hydrogen) atoms. The van der Waals surface area contributed by atoms with Crippen molar-refractivity contribution in [2.45, 2.75) is 6.92 Å². The molecular weight excluding hydrogens is 266 g/mol. The molecule has 2 N–H and O–H groups in total. The Hall–Kier alpha value is -2.07. The zero-order valence-electron chi connectivity index (χ0n) is 10.4. The molecule has 1 rings (SSSR count). The summed E-state index contributed by atoms with van der Waals surface area (Å²) >= 11 is 5.74. The van der Waals surface area contributed by atoms with Gasteiger partial charge in [-0.05, 0) is 30.7 Å². The van der Waals surface area contributed by atoms with E-state index in [1.807, 2.05) is 0 Å². The molecule has 0 heterocycles. The molecule has 0 spiro atoms. The second-order valence-electron chi connectivity index (χ2n) is 3.61. The highest BCUT2D eigenvalue weighted by atomic mass is 35.5. The lowest BCUT2D eigenvalue weighted by Crippen LogP contribution is -2.15. The SMILES string of the molecule is CCOC(=O)/C(N)=C/C(=O)/C=C/c1ccc(Cl)cc1. The minimum atomic E-state index is -0.698. The van der Waals surface area contributed by atoms with Gasteiger partial charge in [0.25, 0.3) is 0 Å². The van der Waals surface area contributed by atoms with Crippen LogP contribution in [0.1, 0.15) is 12.5 Å². The van der Waals surface area contributed by atoms with Crippen molar-refractivity contribution >= 4 is 29.4 Å². The number of ketones is 1. The molecular formula is C14H14ClNO3. The molecule has 1 aromatic carbocycles. The number of hydrogen-bond donors (Lipinski definition) is 1. The van der Waals surface area contributed by atoms with Gasteiger partial charge in [-0.15, -0.1) is 0 Å². The van der Waals surface area contributed by atoms with Gasteiger partial charge in [-0.1, -0.05) is 29.8 Å². The highest BCUT2D eigenvalue weighted by Crippen LogP contribution is 2.10. The van der Waals surface area contributed by atoms with Crippen LogP contribution in [0.3, 0.4) is 0 Å². The maximum Gasteiger partial charge on any atom is 0.354 e. The zero-order valence-corrected chi connectivity index (χ0v) is 11.2. The molecule has 0 fully saturated rings. The van der Waals surface area contributed by atoms with Crippen LogP contribution < -0.4 is 5.73 Å². The van der Waals surface area contributed by atoms with Crippen LogP contribution in [0.25, 0.3) is 6.08 Å². The van der Waals surface area contributed by atoms with Crippen molar-refractivity contribution in [1.29, 1.82) is 0 Å². The van der Waals surface area contributed by atoms with E-state index in [2.05, 4.69) is 4.74 Å². The quantitative estimate of drug-likeness (QED) is 0.663. The predicted octanol–water partition coefficient (Wildman–Crippen LogP) is 2.33. The molecule has 0 atom stereocenters. The number of rotatable bonds is 5. The molecule has 0 radical (unpaired) electrons. The van der Waals surface area contributed by atoms with Gasteiger partial charge in [0.15, 0.2) is 5.78 Å². The van der Waals surface area contributed by atoms with Gasteiger partial charge in [-0.25, -0.2) is 4.79 Å². The Morgan fingerprint density at radius 1 is 1.32 bits per heavy atom. The molecule has 0 saturated heterocycles. The molecule has 0 aliphatic rings. The molecule has 0 aliphatic heterocycles. The molecule has 0 saturated carbocycles. The summed E-state index contributed by atoms with van der Waals surface area (Å²) in [6.45, 7) is 1.87. The van der Waals surface area contributed by atoms with Crippen LogP contribution >= 0.6 is 11.6 Å². The summed E-state index contributed by atoms with van der Waals surface area (Å²) < 4.78 is 4.66. The second-order valence-corrected chi connectivity index (χ2v) is 4.04. The van der Waals surface area contributed by atoms with Crippen LogP contribution in [0.15, 0.2) is 42.1 Å². The van der Waals surface area contributed by atoms with Gasteiger partial charge >= 0.3 is 5.97 Å². The summed E-state index contributed by atoms with van der Waals surface area (Å²) in [4.78, 5) is 22.7. The Kier molecular flexibility index (Phi) is 5.82. The number of carbonyl (C=O) groups is 2. The van der Waals surface area contributed by atoms with E-state index >= 15 is 0 Å². The predicted molar refractivity (Wildman–Crippen MR) is 74.4 cm³/mol. The van der Waals surface area contributed by atoms with Crippen molar-refractivity contribution < 1.29 is 14.3 Å². The summed E-state index contributed by atoms with van der Waals surface area (Å²) in [5.74, 6) is -1.09. The number of allylic oxidation sites excluding steroid dienone is 2. The Bertz CT molecular complexity index is 518. The number of nitrogens with two attached hydrogens (primary N) is 1. The Morgan fingerprint density at radius 2 is 1.95 bits per heavy atom. The second kappa shape index (κ2) is 7.38. The fourth-order valence-electron chi connectivity index (χ4n) is 1.23. The molecule has 5 heteroatoms. The molecule has 100 valence electrons. The molecule has 0 amide bonds. The van der Waals surface area contributed by atoms with Gasteiger partial charge in [0.05, 0.1) is 6.61 Å². The number of benzene rings is 1. The number of halogens is 1. The van der Waals surface area contributed by atoms with Gasteiger partial charge in [-0.2, -0.15) is 0 Å². The topological polar surface area (TPSA) is 69.4 Å². The third-order valence-corrected chi connectivity index (χ3v) is 2.37. The number of esters is 1. The van der Waals surface area contributed by atoms with Gasteiger partial charge in [-0.3, -0.25) is 4.79 Å². The molecule has 4 nitrogen and oxygen atoms in total. The Morgan fingerprint density at radius 3 is 2.53 bits per heavy atom. The van der Waals surface area contributed by atoms with Gasteiger partial charge in [0.1, 0.15) is 5.70 Å². The fraction of sp³-hybridized carbons (Fsp3) is 0.143. The smallest absolute Gasteiger partial charge is 0.354 e. The lowest BCUT2D eigenvalue weighted by atomic mass is 10.2. The zero-order chi connectivity index (χ0) is 14.3. The van der Waals surface area contributed by atoms with Crippen LogP contribution in [0.5, 0.6) is 0 Å². The minimum absolute atomic E-state index is 0.210. The van der Waals surface area contributed by atoms with E-state index in [0.29, 0.717) is 5.02 Å². The number of ether oxygens (including phenoxy) is 1. The van der Waals surface area contributed by atoms with E-state index in [1.54, 1.807) is 37.3 Å². The molecule has 0 unspecified atom stereocenters. The van der Waals surface area contributed by atoms with E-state index in [0.717, 1.165) is 11.6 Å². The van der Waals surface area contributed by atoms with Crippen molar-refractivity contribution in [3.05, 3.63) is 52.7 Å². The molecule has 0 aromatic heterocycles. The molecule has 0 aliphatic carbocycles. The first kappa shape index (κ1) is 15.0. The van der Waals surface area contributed by atoms with E-state index < -0.39 is 5.97 Å². The van der Waals surface area contributed by atoms with Gasteiger partial charge < -0.3 is 10.5 Å². The highest BCUT2D eigenvalue weighted by Gasteiger charge is 2.06. The number of carbonyl (C=O) groups excluding carboxylic acids is 2. The Labute approximate surface area is 116 Å². The summed E-state index contributed by atoms with van der Waals surface area (Å²) in [7, 11) is 0. The number of hydrogen-bond acceptors (Lipinski definition) is 4. The minimum Gasteiger partial charge on any atom is -0.461 e. The summed E-state index contributed by atoms with van der Waals surface area (Å²) in [6.07, 6.45) is 3.95. The summed E-state index contributed by atoms with van der Waals surface area (Å²) in [5.41, 5.74) is 6.01. The third-order valence-electron chi connectivity index (χ3n) is 2.12. The van der Waals surface area contributed by atoms with Crippen molar-refractivity contribution in [3.63, 3.8) is 0 Å². The van der Waals surface area contributed by atoms with E-state index in [9.17, 15) is 9.59 Å². The van der Waals surface area contributed by atoms with Crippen LogP contribution in [0.2, 0.25) is 5.02 Å². The first-order chi connectivity index (χ1) is 9.02.